The third-order valence-corrected chi connectivity index (χ3v) is 3.49. The Hall–Kier alpha value is -2.75. The number of aryl methyl sites for hydroxylation is 1. The van der Waals surface area contributed by atoms with E-state index in [4.69, 9.17) is 9.15 Å². The van der Waals surface area contributed by atoms with Gasteiger partial charge in [0.1, 0.15) is 0 Å². The van der Waals surface area contributed by atoms with Gasteiger partial charge in [-0.25, -0.2) is 0 Å². The van der Waals surface area contributed by atoms with E-state index in [9.17, 15) is 4.79 Å². The standard InChI is InChI=1S/C18H17NO3/c1-12-5-3-6-13(9-12)11-19-18(20)16-10-14-7-4-8-15(21-2)17(14)22-16/h3-10H,11H2,1-2H3,(H,19,20). The summed E-state index contributed by atoms with van der Waals surface area (Å²) in [6.45, 7) is 2.49. The van der Waals surface area contributed by atoms with Gasteiger partial charge in [-0.3, -0.25) is 4.79 Å². The summed E-state index contributed by atoms with van der Waals surface area (Å²) in [5.41, 5.74) is 2.81. The number of benzene rings is 2. The van der Waals surface area contributed by atoms with Crippen LogP contribution in [0.3, 0.4) is 0 Å². The van der Waals surface area contributed by atoms with E-state index < -0.39 is 0 Å². The molecule has 4 nitrogen and oxygen atoms in total. The summed E-state index contributed by atoms with van der Waals surface area (Å²) < 4.78 is 10.9. The molecular weight excluding hydrogens is 278 g/mol. The van der Waals surface area contributed by atoms with Crippen LogP contribution < -0.4 is 10.1 Å². The lowest BCUT2D eigenvalue weighted by Gasteiger charge is -2.04. The predicted octanol–water partition coefficient (Wildman–Crippen LogP) is 3.68. The van der Waals surface area contributed by atoms with Crippen LogP contribution in [0.1, 0.15) is 21.7 Å². The number of para-hydroxylation sites is 1. The van der Waals surface area contributed by atoms with Crippen molar-refractivity contribution in [3.8, 4) is 5.75 Å². The van der Waals surface area contributed by atoms with Gasteiger partial charge in [0.15, 0.2) is 17.1 Å². The average molecular weight is 295 g/mol. The molecule has 0 fully saturated rings. The van der Waals surface area contributed by atoms with Crippen molar-refractivity contribution in [2.45, 2.75) is 13.5 Å². The number of furan rings is 1. The number of carbonyl (C=O) groups excluding carboxylic acids is 1. The molecule has 0 aliphatic carbocycles. The lowest BCUT2D eigenvalue weighted by Crippen LogP contribution is -2.22. The fourth-order valence-corrected chi connectivity index (χ4v) is 2.40. The fourth-order valence-electron chi connectivity index (χ4n) is 2.40. The molecule has 4 heteroatoms. The zero-order valence-electron chi connectivity index (χ0n) is 12.6. The number of ether oxygens (including phenoxy) is 1. The minimum Gasteiger partial charge on any atom is -0.493 e. The van der Waals surface area contributed by atoms with Crippen LogP contribution in [0.4, 0.5) is 0 Å². The summed E-state index contributed by atoms with van der Waals surface area (Å²) in [5.74, 6) is 0.669. The monoisotopic (exact) mass is 295 g/mol. The molecule has 1 heterocycles. The molecule has 2 aromatic carbocycles. The van der Waals surface area contributed by atoms with Crippen molar-refractivity contribution in [1.82, 2.24) is 5.32 Å². The van der Waals surface area contributed by atoms with Crippen LogP contribution in [0.15, 0.2) is 52.9 Å². The van der Waals surface area contributed by atoms with Crippen molar-refractivity contribution >= 4 is 16.9 Å². The van der Waals surface area contributed by atoms with E-state index in [2.05, 4.69) is 5.32 Å². The molecule has 0 radical (unpaired) electrons. The first-order valence-electron chi connectivity index (χ1n) is 7.07. The van der Waals surface area contributed by atoms with E-state index in [0.29, 0.717) is 17.9 Å². The van der Waals surface area contributed by atoms with Crippen LogP contribution in [0.5, 0.6) is 5.75 Å². The highest BCUT2D eigenvalue weighted by atomic mass is 16.5. The Morgan fingerprint density at radius 2 is 2.00 bits per heavy atom. The summed E-state index contributed by atoms with van der Waals surface area (Å²) in [4.78, 5) is 12.2. The number of nitrogens with one attached hydrogen (secondary N) is 1. The van der Waals surface area contributed by atoms with Gasteiger partial charge in [0.05, 0.1) is 7.11 Å². The molecule has 0 saturated heterocycles. The van der Waals surface area contributed by atoms with Gasteiger partial charge >= 0.3 is 0 Å². The molecule has 0 saturated carbocycles. The molecule has 112 valence electrons. The summed E-state index contributed by atoms with van der Waals surface area (Å²) in [5, 5.41) is 3.71. The molecule has 1 amide bonds. The fraction of sp³-hybridized carbons (Fsp3) is 0.167. The van der Waals surface area contributed by atoms with Gasteiger partial charge in [-0.15, -0.1) is 0 Å². The van der Waals surface area contributed by atoms with Crippen molar-refractivity contribution < 1.29 is 13.9 Å². The predicted molar refractivity (Wildman–Crippen MR) is 85.1 cm³/mol. The Morgan fingerprint density at radius 3 is 2.77 bits per heavy atom. The summed E-state index contributed by atoms with van der Waals surface area (Å²) >= 11 is 0. The van der Waals surface area contributed by atoms with Crippen molar-refractivity contribution in [1.29, 1.82) is 0 Å². The van der Waals surface area contributed by atoms with Crippen LogP contribution in [0, 0.1) is 6.92 Å². The number of fused-ring (bicyclic) bond motifs is 1. The van der Waals surface area contributed by atoms with Gasteiger partial charge in [-0.05, 0) is 24.6 Å². The quantitative estimate of drug-likeness (QED) is 0.799. The van der Waals surface area contributed by atoms with Crippen molar-refractivity contribution in [3.63, 3.8) is 0 Å². The number of rotatable bonds is 4. The Bertz CT molecular complexity index is 820. The molecule has 1 N–H and O–H groups in total. The van der Waals surface area contributed by atoms with Gasteiger partial charge in [-0.1, -0.05) is 42.0 Å². The Labute approximate surface area is 128 Å². The summed E-state index contributed by atoms with van der Waals surface area (Å²) in [6, 6.07) is 15.3. The first-order valence-corrected chi connectivity index (χ1v) is 7.07. The van der Waals surface area contributed by atoms with Crippen LogP contribution in [0.2, 0.25) is 0 Å². The molecule has 0 aliphatic rings. The number of hydrogen-bond donors (Lipinski definition) is 1. The molecule has 0 aliphatic heterocycles. The third kappa shape index (κ3) is 2.81. The summed E-state index contributed by atoms with van der Waals surface area (Å²) in [6.07, 6.45) is 0. The highest BCUT2D eigenvalue weighted by Crippen LogP contribution is 2.28. The first-order chi connectivity index (χ1) is 10.7. The van der Waals surface area contributed by atoms with E-state index in [-0.39, 0.29) is 11.7 Å². The van der Waals surface area contributed by atoms with E-state index in [0.717, 1.165) is 10.9 Å². The molecule has 0 spiro atoms. The average Bonchev–Trinajstić information content (AvgIpc) is 2.96. The van der Waals surface area contributed by atoms with E-state index >= 15 is 0 Å². The molecular formula is C18H17NO3. The van der Waals surface area contributed by atoms with E-state index in [1.165, 1.54) is 5.56 Å². The van der Waals surface area contributed by atoms with Gasteiger partial charge in [0.2, 0.25) is 0 Å². The van der Waals surface area contributed by atoms with Crippen molar-refractivity contribution in [3.05, 3.63) is 65.4 Å². The second-order valence-electron chi connectivity index (χ2n) is 5.16. The maximum atomic E-state index is 12.2. The van der Waals surface area contributed by atoms with Crippen LogP contribution in [-0.2, 0) is 6.54 Å². The number of hydrogen-bond acceptors (Lipinski definition) is 3. The number of amides is 1. The lowest BCUT2D eigenvalue weighted by atomic mass is 10.1. The minimum atomic E-state index is -0.236. The molecule has 0 bridgehead atoms. The zero-order chi connectivity index (χ0) is 15.5. The third-order valence-electron chi connectivity index (χ3n) is 3.49. The van der Waals surface area contributed by atoms with Crippen molar-refractivity contribution in [2.24, 2.45) is 0 Å². The second kappa shape index (κ2) is 5.93. The van der Waals surface area contributed by atoms with Gasteiger partial charge in [0, 0.05) is 11.9 Å². The Morgan fingerprint density at radius 1 is 1.18 bits per heavy atom. The molecule has 22 heavy (non-hydrogen) atoms. The highest BCUT2D eigenvalue weighted by Gasteiger charge is 2.14. The smallest absolute Gasteiger partial charge is 0.287 e. The molecule has 3 rings (SSSR count). The Kier molecular flexibility index (Phi) is 3.83. The van der Waals surface area contributed by atoms with Crippen LogP contribution in [-0.4, -0.2) is 13.0 Å². The van der Waals surface area contributed by atoms with Crippen LogP contribution in [0.25, 0.3) is 11.0 Å². The number of methoxy groups -OCH3 is 1. The molecule has 3 aromatic rings. The molecule has 0 atom stereocenters. The normalized spacial score (nSPS) is 10.6. The summed E-state index contributed by atoms with van der Waals surface area (Å²) in [7, 11) is 1.58. The molecule has 0 unspecified atom stereocenters. The zero-order valence-corrected chi connectivity index (χ0v) is 12.6. The maximum Gasteiger partial charge on any atom is 0.287 e. The lowest BCUT2D eigenvalue weighted by molar-refractivity contribution is 0.0925. The van der Waals surface area contributed by atoms with Gasteiger partial charge in [0.25, 0.3) is 5.91 Å². The Balaban J connectivity index is 1.77. The van der Waals surface area contributed by atoms with Crippen molar-refractivity contribution in [2.75, 3.05) is 7.11 Å². The SMILES string of the molecule is COc1cccc2cc(C(=O)NCc3cccc(C)c3)oc12. The molecule has 1 aromatic heterocycles. The van der Waals surface area contributed by atoms with Gasteiger partial charge < -0.3 is 14.5 Å². The van der Waals surface area contributed by atoms with Gasteiger partial charge in [-0.2, -0.15) is 0 Å². The highest BCUT2D eigenvalue weighted by molar-refractivity contribution is 5.97. The van der Waals surface area contributed by atoms with Crippen LogP contribution >= 0.6 is 0 Å². The maximum absolute atomic E-state index is 12.2. The topological polar surface area (TPSA) is 51.5 Å². The minimum absolute atomic E-state index is 0.236. The van der Waals surface area contributed by atoms with E-state index in [1.54, 1.807) is 19.2 Å². The van der Waals surface area contributed by atoms with E-state index in [1.807, 2.05) is 43.3 Å². The number of carbonyl (C=O) groups is 1. The first kappa shape index (κ1) is 14.2. The second-order valence-corrected chi connectivity index (χ2v) is 5.16. The largest absolute Gasteiger partial charge is 0.493 e.